The van der Waals surface area contributed by atoms with Gasteiger partial charge in [-0.1, -0.05) is 30.3 Å². The van der Waals surface area contributed by atoms with E-state index in [2.05, 4.69) is 0 Å². The first-order valence-electron chi connectivity index (χ1n) is 8.54. The summed E-state index contributed by atoms with van der Waals surface area (Å²) in [5.74, 6) is 1.16. The van der Waals surface area contributed by atoms with Crippen LogP contribution >= 0.6 is 0 Å². The van der Waals surface area contributed by atoms with Crippen LogP contribution in [0.25, 0.3) is 11.1 Å². The molecule has 5 heteroatoms. The molecule has 2 aromatic rings. The van der Waals surface area contributed by atoms with Gasteiger partial charge in [0.05, 0.1) is 26.2 Å². The van der Waals surface area contributed by atoms with E-state index >= 15 is 0 Å². The molecule has 1 atom stereocenters. The Morgan fingerprint density at radius 1 is 1.00 bits per heavy atom. The first-order valence-corrected chi connectivity index (χ1v) is 8.54. The van der Waals surface area contributed by atoms with Gasteiger partial charge < -0.3 is 19.9 Å². The first kappa shape index (κ1) is 19.8. The number of nitrogens with two attached hydrogens (primary N) is 1. The van der Waals surface area contributed by atoms with Gasteiger partial charge in [0.1, 0.15) is 17.1 Å². The van der Waals surface area contributed by atoms with Crippen LogP contribution in [0.1, 0.15) is 38.8 Å². The highest BCUT2D eigenvalue weighted by Crippen LogP contribution is 2.38. The molecule has 0 heterocycles. The summed E-state index contributed by atoms with van der Waals surface area (Å²) in [5.41, 5.74) is 8.35. The second-order valence-electron chi connectivity index (χ2n) is 7.06. The van der Waals surface area contributed by atoms with E-state index < -0.39 is 11.6 Å². The Bertz CT molecular complexity index is 725. The maximum Gasteiger partial charge on any atom is 0.308 e. The summed E-state index contributed by atoms with van der Waals surface area (Å²) in [6, 6.07) is 13.0. The lowest BCUT2D eigenvalue weighted by molar-refractivity contribution is -0.155. The fourth-order valence-electron chi connectivity index (χ4n) is 2.71. The third-order valence-electron chi connectivity index (χ3n) is 3.86. The molecule has 140 valence electrons. The van der Waals surface area contributed by atoms with Crippen molar-refractivity contribution in [2.24, 2.45) is 5.73 Å². The van der Waals surface area contributed by atoms with E-state index in [1.165, 1.54) is 0 Å². The molecule has 0 saturated heterocycles. The minimum atomic E-state index is -0.513. The second-order valence-corrected chi connectivity index (χ2v) is 7.06. The van der Waals surface area contributed by atoms with Crippen LogP contribution < -0.4 is 15.2 Å². The molecule has 2 rings (SSSR count). The molecule has 0 aromatic heterocycles. The lowest BCUT2D eigenvalue weighted by Crippen LogP contribution is -2.26. The van der Waals surface area contributed by atoms with Crippen molar-refractivity contribution in [3.05, 3.63) is 48.0 Å². The number of rotatable bonds is 6. The Morgan fingerprint density at radius 3 is 2.00 bits per heavy atom. The molecule has 0 aliphatic rings. The Kier molecular flexibility index (Phi) is 6.27. The zero-order chi connectivity index (χ0) is 19.3. The van der Waals surface area contributed by atoms with Crippen LogP contribution in [0.3, 0.4) is 0 Å². The summed E-state index contributed by atoms with van der Waals surface area (Å²) in [5, 5.41) is 0. The number of esters is 1. The standard InChI is InChI=1S/C21H27NO4/c1-21(2,3)26-19(23)13-16(22)14-9-11-15(12-10-14)20-17(24-4)7-6-8-18(20)25-5/h6-12,16H,13,22H2,1-5H3/t16-/m0/s1. The van der Waals surface area contributed by atoms with Crippen molar-refractivity contribution in [3.8, 4) is 22.6 Å². The van der Waals surface area contributed by atoms with Crippen LogP contribution in [0.4, 0.5) is 0 Å². The van der Waals surface area contributed by atoms with Gasteiger partial charge in [0.25, 0.3) is 0 Å². The third-order valence-corrected chi connectivity index (χ3v) is 3.86. The highest BCUT2D eigenvalue weighted by atomic mass is 16.6. The molecule has 0 bridgehead atoms. The first-order chi connectivity index (χ1) is 12.2. The van der Waals surface area contributed by atoms with Crippen molar-refractivity contribution in [1.29, 1.82) is 0 Å². The monoisotopic (exact) mass is 357 g/mol. The molecule has 0 aliphatic heterocycles. The van der Waals surface area contributed by atoms with Crippen molar-refractivity contribution in [2.75, 3.05) is 14.2 Å². The van der Waals surface area contributed by atoms with Gasteiger partial charge in [0, 0.05) is 6.04 Å². The quantitative estimate of drug-likeness (QED) is 0.788. The molecule has 0 fully saturated rings. The fraction of sp³-hybridized carbons (Fsp3) is 0.381. The highest BCUT2D eigenvalue weighted by Gasteiger charge is 2.20. The summed E-state index contributed by atoms with van der Waals surface area (Å²) in [6.07, 6.45) is 0.134. The maximum absolute atomic E-state index is 12.0. The molecule has 2 N–H and O–H groups in total. The predicted molar refractivity (Wildman–Crippen MR) is 102 cm³/mol. The highest BCUT2D eigenvalue weighted by molar-refractivity contribution is 5.77. The lowest BCUT2D eigenvalue weighted by Gasteiger charge is -2.21. The van der Waals surface area contributed by atoms with Crippen molar-refractivity contribution < 1.29 is 19.0 Å². The van der Waals surface area contributed by atoms with E-state index in [4.69, 9.17) is 19.9 Å². The predicted octanol–water partition coefficient (Wildman–Crippen LogP) is 4.10. The largest absolute Gasteiger partial charge is 0.496 e. The normalized spacial score (nSPS) is 12.4. The summed E-state index contributed by atoms with van der Waals surface area (Å²) in [4.78, 5) is 12.0. The van der Waals surface area contributed by atoms with Gasteiger partial charge in [-0.25, -0.2) is 0 Å². The van der Waals surface area contributed by atoms with E-state index in [0.29, 0.717) is 0 Å². The molecule has 26 heavy (non-hydrogen) atoms. The van der Waals surface area contributed by atoms with Crippen LogP contribution in [-0.2, 0) is 9.53 Å². The third kappa shape index (κ3) is 4.99. The number of carbonyl (C=O) groups is 1. The molecule has 0 unspecified atom stereocenters. The van der Waals surface area contributed by atoms with Gasteiger partial charge in [0.15, 0.2) is 0 Å². The summed E-state index contributed by atoms with van der Waals surface area (Å²) >= 11 is 0. The number of hydrogen-bond acceptors (Lipinski definition) is 5. The van der Waals surface area contributed by atoms with Crippen molar-refractivity contribution in [3.63, 3.8) is 0 Å². The molecule has 0 radical (unpaired) electrons. The van der Waals surface area contributed by atoms with Gasteiger partial charge >= 0.3 is 5.97 Å². The number of ether oxygens (including phenoxy) is 3. The smallest absolute Gasteiger partial charge is 0.308 e. The zero-order valence-electron chi connectivity index (χ0n) is 16.0. The van der Waals surface area contributed by atoms with Crippen LogP contribution in [0.2, 0.25) is 0 Å². The number of hydrogen-bond donors (Lipinski definition) is 1. The van der Waals surface area contributed by atoms with Crippen LogP contribution in [0, 0.1) is 0 Å². The van der Waals surface area contributed by atoms with Crippen molar-refractivity contribution >= 4 is 5.97 Å². The van der Waals surface area contributed by atoms with Gasteiger partial charge in [-0.3, -0.25) is 4.79 Å². The van der Waals surface area contributed by atoms with Gasteiger partial charge in [-0.2, -0.15) is 0 Å². The van der Waals surface area contributed by atoms with Gasteiger partial charge in [-0.05, 0) is 44.0 Å². The molecular formula is C21H27NO4. The van der Waals surface area contributed by atoms with E-state index in [0.717, 1.165) is 28.2 Å². The Balaban J connectivity index is 2.20. The Morgan fingerprint density at radius 2 is 1.54 bits per heavy atom. The maximum atomic E-state index is 12.0. The molecule has 0 saturated carbocycles. The molecule has 0 spiro atoms. The SMILES string of the molecule is COc1cccc(OC)c1-c1ccc([C@@H](N)CC(=O)OC(C)(C)C)cc1. The van der Waals surface area contributed by atoms with Crippen molar-refractivity contribution in [1.82, 2.24) is 0 Å². The Labute approximate surface area is 155 Å². The minimum Gasteiger partial charge on any atom is -0.496 e. The van der Waals surface area contributed by atoms with E-state index in [-0.39, 0.29) is 12.4 Å². The van der Waals surface area contributed by atoms with E-state index in [1.807, 2.05) is 63.2 Å². The van der Waals surface area contributed by atoms with Crippen LogP contribution in [-0.4, -0.2) is 25.8 Å². The topological polar surface area (TPSA) is 70.8 Å². The number of carbonyl (C=O) groups excluding carboxylic acids is 1. The average Bonchev–Trinajstić information content (AvgIpc) is 2.59. The molecule has 2 aromatic carbocycles. The number of benzene rings is 2. The van der Waals surface area contributed by atoms with E-state index in [1.54, 1.807) is 14.2 Å². The number of methoxy groups -OCH3 is 2. The van der Waals surface area contributed by atoms with E-state index in [9.17, 15) is 4.79 Å². The van der Waals surface area contributed by atoms with Crippen LogP contribution in [0.15, 0.2) is 42.5 Å². The van der Waals surface area contributed by atoms with Gasteiger partial charge in [0.2, 0.25) is 0 Å². The summed E-state index contributed by atoms with van der Waals surface area (Å²) in [7, 11) is 3.26. The lowest BCUT2D eigenvalue weighted by atomic mass is 9.98. The fourth-order valence-corrected chi connectivity index (χ4v) is 2.71. The average molecular weight is 357 g/mol. The van der Waals surface area contributed by atoms with Gasteiger partial charge in [-0.15, -0.1) is 0 Å². The molecule has 0 aliphatic carbocycles. The molecular weight excluding hydrogens is 330 g/mol. The van der Waals surface area contributed by atoms with Crippen molar-refractivity contribution in [2.45, 2.75) is 38.8 Å². The molecule has 0 amide bonds. The summed E-state index contributed by atoms with van der Waals surface area (Å²) in [6.45, 7) is 5.52. The molecule has 5 nitrogen and oxygen atoms in total. The zero-order valence-corrected chi connectivity index (χ0v) is 16.0. The second kappa shape index (κ2) is 8.23. The minimum absolute atomic E-state index is 0.134. The Hall–Kier alpha value is -2.53. The summed E-state index contributed by atoms with van der Waals surface area (Å²) < 4.78 is 16.2. The van der Waals surface area contributed by atoms with Crippen LogP contribution in [0.5, 0.6) is 11.5 Å².